The van der Waals surface area contributed by atoms with E-state index in [1.807, 2.05) is 0 Å². The highest BCUT2D eigenvalue weighted by Gasteiger charge is 2.44. The number of hydrogen-bond donors (Lipinski definition) is 1. The van der Waals surface area contributed by atoms with Gasteiger partial charge in [0.05, 0.1) is 18.4 Å². The zero-order valence-corrected chi connectivity index (χ0v) is 11.2. The van der Waals surface area contributed by atoms with E-state index >= 15 is 0 Å². The Kier molecular flexibility index (Phi) is 4.47. The van der Waals surface area contributed by atoms with Crippen LogP contribution >= 0.6 is 0 Å². The Morgan fingerprint density at radius 1 is 1.11 bits per heavy atom. The molecule has 0 radical (unpaired) electrons. The summed E-state index contributed by atoms with van der Waals surface area (Å²) < 4.78 is 0. The standard InChI is InChI=1S/C15H21NO3/c1-2-10-16(11-6-4-3-5-7-11)14(17)12-8-9-13(12)15(18)19/h1,11-13H,3-10H2,(H,18,19). The van der Waals surface area contributed by atoms with Gasteiger partial charge in [-0.2, -0.15) is 0 Å². The van der Waals surface area contributed by atoms with Gasteiger partial charge in [0.2, 0.25) is 5.91 Å². The molecule has 2 saturated carbocycles. The summed E-state index contributed by atoms with van der Waals surface area (Å²) in [4.78, 5) is 25.3. The summed E-state index contributed by atoms with van der Waals surface area (Å²) in [5.74, 6) is 0.802. The molecule has 2 aliphatic carbocycles. The van der Waals surface area contributed by atoms with Crippen molar-refractivity contribution in [1.29, 1.82) is 0 Å². The normalized spacial score (nSPS) is 27.1. The van der Waals surface area contributed by atoms with Gasteiger partial charge < -0.3 is 10.0 Å². The van der Waals surface area contributed by atoms with Crippen molar-refractivity contribution < 1.29 is 14.7 Å². The molecule has 4 heteroatoms. The number of hydrogen-bond acceptors (Lipinski definition) is 2. The molecule has 0 aliphatic heterocycles. The maximum absolute atomic E-state index is 12.5. The number of aliphatic carboxylic acids is 1. The average Bonchev–Trinajstić information content (AvgIpc) is 2.34. The topological polar surface area (TPSA) is 57.6 Å². The molecule has 0 heterocycles. The number of nitrogens with zero attached hydrogens (tertiary/aromatic N) is 1. The lowest BCUT2D eigenvalue weighted by atomic mass is 9.72. The molecule has 19 heavy (non-hydrogen) atoms. The first-order valence-corrected chi connectivity index (χ1v) is 7.12. The van der Waals surface area contributed by atoms with Gasteiger partial charge >= 0.3 is 5.97 Å². The van der Waals surface area contributed by atoms with Crippen LogP contribution in [0.3, 0.4) is 0 Å². The minimum absolute atomic E-state index is 0.0384. The van der Waals surface area contributed by atoms with Crippen LogP contribution < -0.4 is 0 Å². The maximum Gasteiger partial charge on any atom is 0.307 e. The molecule has 1 N–H and O–H groups in total. The van der Waals surface area contributed by atoms with Crippen LogP contribution in [-0.2, 0) is 9.59 Å². The summed E-state index contributed by atoms with van der Waals surface area (Å²) in [5.41, 5.74) is 0. The molecule has 0 saturated heterocycles. The molecule has 1 amide bonds. The van der Waals surface area contributed by atoms with Crippen LogP contribution in [0.1, 0.15) is 44.9 Å². The fourth-order valence-electron chi connectivity index (χ4n) is 3.18. The second kappa shape index (κ2) is 6.10. The first-order valence-electron chi connectivity index (χ1n) is 7.12. The number of carboxylic acids is 1. The number of carbonyl (C=O) groups is 2. The van der Waals surface area contributed by atoms with Gasteiger partial charge in [-0.1, -0.05) is 25.2 Å². The summed E-state index contributed by atoms with van der Waals surface area (Å²) >= 11 is 0. The summed E-state index contributed by atoms with van der Waals surface area (Å²) in [7, 11) is 0. The van der Waals surface area contributed by atoms with Gasteiger partial charge in [-0.3, -0.25) is 9.59 Å². The van der Waals surface area contributed by atoms with Crippen LogP contribution in [-0.4, -0.2) is 34.5 Å². The monoisotopic (exact) mass is 263 g/mol. The minimum Gasteiger partial charge on any atom is -0.481 e. The van der Waals surface area contributed by atoms with Gasteiger partial charge in [0.25, 0.3) is 0 Å². The summed E-state index contributed by atoms with van der Waals surface area (Å²) in [6.45, 7) is 0.312. The maximum atomic E-state index is 12.5. The fourth-order valence-corrected chi connectivity index (χ4v) is 3.18. The van der Waals surface area contributed by atoms with Crippen molar-refractivity contribution in [2.45, 2.75) is 51.0 Å². The number of rotatable bonds is 4. The Labute approximate surface area is 114 Å². The van der Waals surface area contributed by atoms with Crippen molar-refractivity contribution in [2.24, 2.45) is 11.8 Å². The lowest BCUT2D eigenvalue weighted by Crippen LogP contribution is -2.50. The second-order valence-electron chi connectivity index (χ2n) is 5.59. The van der Waals surface area contributed by atoms with E-state index in [-0.39, 0.29) is 17.9 Å². The average molecular weight is 263 g/mol. The molecule has 4 nitrogen and oxygen atoms in total. The predicted molar refractivity (Wildman–Crippen MR) is 71.3 cm³/mol. The molecular formula is C15H21NO3. The van der Waals surface area contributed by atoms with Crippen LogP contribution in [0.25, 0.3) is 0 Å². The zero-order chi connectivity index (χ0) is 13.8. The summed E-state index contributed by atoms with van der Waals surface area (Å²) in [6, 6.07) is 0.215. The van der Waals surface area contributed by atoms with Crippen LogP contribution in [0.2, 0.25) is 0 Å². The number of amides is 1. The van der Waals surface area contributed by atoms with Gasteiger partial charge in [-0.15, -0.1) is 6.42 Å². The fraction of sp³-hybridized carbons (Fsp3) is 0.733. The van der Waals surface area contributed by atoms with Gasteiger partial charge in [0.15, 0.2) is 0 Å². The molecule has 0 aromatic heterocycles. The number of carbonyl (C=O) groups excluding carboxylic acids is 1. The van der Waals surface area contributed by atoms with E-state index in [0.29, 0.717) is 19.4 Å². The molecular weight excluding hydrogens is 242 g/mol. The van der Waals surface area contributed by atoms with Crippen LogP contribution in [0.15, 0.2) is 0 Å². The molecule has 0 bridgehead atoms. The Bertz CT molecular complexity index is 393. The van der Waals surface area contributed by atoms with Gasteiger partial charge in [0, 0.05) is 6.04 Å². The van der Waals surface area contributed by atoms with Crippen LogP contribution in [0, 0.1) is 24.2 Å². The molecule has 2 fully saturated rings. The summed E-state index contributed by atoms with van der Waals surface area (Å²) in [6.07, 6.45) is 12.1. The minimum atomic E-state index is -0.853. The van der Waals surface area contributed by atoms with E-state index in [1.165, 1.54) is 6.42 Å². The lowest BCUT2D eigenvalue weighted by molar-refractivity contribution is -0.157. The Morgan fingerprint density at radius 3 is 2.21 bits per heavy atom. The first-order chi connectivity index (χ1) is 9.15. The van der Waals surface area contributed by atoms with Crippen LogP contribution in [0.4, 0.5) is 0 Å². The summed E-state index contributed by atoms with van der Waals surface area (Å²) in [5, 5.41) is 9.06. The van der Waals surface area contributed by atoms with Crippen molar-refractivity contribution in [3.05, 3.63) is 0 Å². The largest absolute Gasteiger partial charge is 0.481 e. The predicted octanol–water partition coefficient (Wildman–Crippen LogP) is 1.89. The Balaban J connectivity index is 2.04. The van der Waals surface area contributed by atoms with Gasteiger partial charge in [0.1, 0.15) is 0 Å². The van der Waals surface area contributed by atoms with E-state index in [2.05, 4.69) is 5.92 Å². The van der Waals surface area contributed by atoms with Crippen LogP contribution in [0.5, 0.6) is 0 Å². The highest BCUT2D eigenvalue weighted by atomic mass is 16.4. The molecule has 2 atom stereocenters. The Morgan fingerprint density at radius 2 is 1.74 bits per heavy atom. The van der Waals surface area contributed by atoms with Crippen molar-refractivity contribution >= 4 is 11.9 Å². The molecule has 0 aromatic rings. The van der Waals surface area contributed by atoms with E-state index in [0.717, 1.165) is 25.7 Å². The molecule has 0 spiro atoms. The zero-order valence-electron chi connectivity index (χ0n) is 11.2. The van der Waals surface area contributed by atoms with Gasteiger partial charge in [-0.05, 0) is 25.7 Å². The molecule has 2 aliphatic rings. The molecule has 2 rings (SSSR count). The van der Waals surface area contributed by atoms with Crippen molar-refractivity contribution in [3.63, 3.8) is 0 Å². The van der Waals surface area contributed by atoms with E-state index in [4.69, 9.17) is 11.5 Å². The quantitative estimate of drug-likeness (QED) is 0.788. The smallest absolute Gasteiger partial charge is 0.307 e. The SMILES string of the molecule is C#CCN(C(=O)C1CCC1C(=O)O)C1CCCCC1. The molecule has 104 valence electrons. The van der Waals surface area contributed by atoms with E-state index < -0.39 is 11.9 Å². The van der Waals surface area contributed by atoms with E-state index in [1.54, 1.807) is 4.90 Å². The molecule has 2 unspecified atom stereocenters. The number of terminal acetylenes is 1. The van der Waals surface area contributed by atoms with Crippen molar-refractivity contribution in [2.75, 3.05) is 6.54 Å². The Hall–Kier alpha value is -1.50. The van der Waals surface area contributed by atoms with Gasteiger partial charge in [-0.25, -0.2) is 0 Å². The third-order valence-electron chi connectivity index (χ3n) is 4.47. The number of carboxylic acid groups (broad SMARTS) is 1. The third-order valence-corrected chi connectivity index (χ3v) is 4.47. The third kappa shape index (κ3) is 2.91. The van der Waals surface area contributed by atoms with Crippen molar-refractivity contribution in [1.82, 2.24) is 4.90 Å². The highest BCUT2D eigenvalue weighted by Crippen LogP contribution is 2.37. The van der Waals surface area contributed by atoms with Crippen molar-refractivity contribution in [3.8, 4) is 12.3 Å². The first kappa shape index (κ1) is 13.9. The van der Waals surface area contributed by atoms with E-state index in [9.17, 15) is 9.59 Å². The highest BCUT2D eigenvalue weighted by molar-refractivity contribution is 5.86. The molecule has 0 aromatic carbocycles. The second-order valence-corrected chi connectivity index (χ2v) is 5.59. The lowest BCUT2D eigenvalue weighted by Gasteiger charge is -2.40.